The van der Waals surface area contributed by atoms with Crippen LogP contribution in [0.2, 0.25) is 0 Å². The van der Waals surface area contributed by atoms with E-state index in [1.165, 1.54) is 4.90 Å². The van der Waals surface area contributed by atoms with Gasteiger partial charge in [-0.05, 0) is 49.4 Å². The van der Waals surface area contributed by atoms with Crippen LogP contribution < -0.4 is 9.64 Å². The van der Waals surface area contributed by atoms with E-state index in [0.29, 0.717) is 22.9 Å². The maximum atomic E-state index is 12.8. The van der Waals surface area contributed by atoms with Gasteiger partial charge in [-0.3, -0.25) is 9.59 Å². The van der Waals surface area contributed by atoms with Gasteiger partial charge in [0.2, 0.25) is 11.8 Å². The second-order valence-corrected chi connectivity index (χ2v) is 7.40. The summed E-state index contributed by atoms with van der Waals surface area (Å²) in [4.78, 5) is 39.2. The summed E-state index contributed by atoms with van der Waals surface area (Å²) < 4.78 is 5.42. The van der Waals surface area contributed by atoms with Crippen LogP contribution in [0, 0.1) is 17.8 Å². The number of carbonyl (C=O) groups excluding carboxylic acids is 3. The lowest BCUT2D eigenvalue weighted by Crippen LogP contribution is -2.30. The molecular formula is C22H21NO4. The van der Waals surface area contributed by atoms with Gasteiger partial charge in [0, 0.05) is 6.07 Å². The Morgan fingerprint density at radius 1 is 0.963 bits per heavy atom. The van der Waals surface area contributed by atoms with Gasteiger partial charge < -0.3 is 4.74 Å². The number of amides is 2. The Morgan fingerprint density at radius 2 is 1.70 bits per heavy atom. The van der Waals surface area contributed by atoms with Crippen molar-refractivity contribution in [2.45, 2.75) is 26.2 Å². The third-order valence-corrected chi connectivity index (χ3v) is 5.48. The molecule has 1 aliphatic heterocycles. The number of carbonyl (C=O) groups is 3. The maximum Gasteiger partial charge on any atom is 0.343 e. The van der Waals surface area contributed by atoms with Crippen molar-refractivity contribution in [1.29, 1.82) is 0 Å². The van der Waals surface area contributed by atoms with Crippen LogP contribution in [0.1, 0.15) is 36.5 Å². The first kappa shape index (κ1) is 17.5. The average molecular weight is 363 g/mol. The Morgan fingerprint density at radius 3 is 2.48 bits per heavy atom. The van der Waals surface area contributed by atoms with Gasteiger partial charge in [-0.15, -0.1) is 0 Å². The van der Waals surface area contributed by atoms with E-state index in [1.807, 2.05) is 6.07 Å². The number of rotatable bonds is 3. The number of imide groups is 1. The first-order chi connectivity index (χ1) is 13.0. The van der Waals surface area contributed by atoms with Crippen LogP contribution in [-0.4, -0.2) is 17.8 Å². The van der Waals surface area contributed by atoms with Crippen molar-refractivity contribution >= 4 is 23.5 Å². The molecule has 2 aromatic carbocycles. The van der Waals surface area contributed by atoms with Gasteiger partial charge in [0.25, 0.3) is 0 Å². The van der Waals surface area contributed by atoms with Crippen molar-refractivity contribution in [3.05, 3.63) is 60.2 Å². The topological polar surface area (TPSA) is 63.7 Å². The summed E-state index contributed by atoms with van der Waals surface area (Å²) in [6.45, 7) is 2.13. The zero-order chi connectivity index (χ0) is 19.0. The van der Waals surface area contributed by atoms with E-state index in [0.717, 1.165) is 19.3 Å². The number of benzene rings is 2. The van der Waals surface area contributed by atoms with E-state index >= 15 is 0 Å². The highest BCUT2D eigenvalue weighted by atomic mass is 16.5. The molecule has 4 rings (SSSR count). The van der Waals surface area contributed by atoms with Gasteiger partial charge in [-0.2, -0.15) is 0 Å². The number of hydrogen-bond acceptors (Lipinski definition) is 4. The van der Waals surface area contributed by atoms with Gasteiger partial charge in [0.15, 0.2) is 0 Å². The molecule has 0 N–H and O–H groups in total. The van der Waals surface area contributed by atoms with Gasteiger partial charge >= 0.3 is 5.97 Å². The molecule has 3 atom stereocenters. The zero-order valence-electron chi connectivity index (χ0n) is 15.1. The van der Waals surface area contributed by atoms with Gasteiger partial charge in [0.05, 0.1) is 23.1 Å². The smallest absolute Gasteiger partial charge is 0.343 e. The average Bonchev–Trinajstić information content (AvgIpc) is 2.92. The number of esters is 1. The minimum absolute atomic E-state index is 0.136. The van der Waals surface area contributed by atoms with Gasteiger partial charge in [-0.1, -0.05) is 31.2 Å². The van der Waals surface area contributed by atoms with E-state index < -0.39 is 5.97 Å². The Kier molecular flexibility index (Phi) is 4.52. The largest absolute Gasteiger partial charge is 0.423 e. The van der Waals surface area contributed by atoms with E-state index in [4.69, 9.17) is 4.74 Å². The van der Waals surface area contributed by atoms with Crippen molar-refractivity contribution in [2.24, 2.45) is 17.8 Å². The van der Waals surface area contributed by atoms with Crippen LogP contribution >= 0.6 is 0 Å². The Balaban J connectivity index is 1.56. The van der Waals surface area contributed by atoms with Crippen LogP contribution in [0.25, 0.3) is 0 Å². The predicted molar refractivity (Wildman–Crippen MR) is 100 cm³/mol. The summed E-state index contributed by atoms with van der Waals surface area (Å²) >= 11 is 0. The molecule has 138 valence electrons. The van der Waals surface area contributed by atoms with Crippen molar-refractivity contribution in [3.63, 3.8) is 0 Å². The van der Waals surface area contributed by atoms with E-state index in [-0.39, 0.29) is 23.7 Å². The molecule has 0 bridgehead atoms. The molecule has 0 radical (unpaired) electrons. The lowest BCUT2D eigenvalue weighted by molar-refractivity contribution is -0.122. The maximum absolute atomic E-state index is 12.8. The molecule has 1 saturated heterocycles. The van der Waals surface area contributed by atoms with Crippen LogP contribution in [0.3, 0.4) is 0 Å². The van der Waals surface area contributed by atoms with Gasteiger partial charge in [0.1, 0.15) is 5.75 Å². The quantitative estimate of drug-likeness (QED) is 0.472. The van der Waals surface area contributed by atoms with E-state index in [1.54, 1.807) is 48.5 Å². The third kappa shape index (κ3) is 3.25. The molecule has 2 aromatic rings. The summed E-state index contributed by atoms with van der Waals surface area (Å²) in [7, 11) is 0. The molecule has 5 nitrogen and oxygen atoms in total. The molecule has 1 saturated carbocycles. The molecular weight excluding hydrogens is 342 g/mol. The first-order valence-electron chi connectivity index (χ1n) is 9.29. The molecule has 5 heteroatoms. The first-order valence-corrected chi connectivity index (χ1v) is 9.29. The van der Waals surface area contributed by atoms with E-state index in [2.05, 4.69) is 6.92 Å². The SMILES string of the molecule is C[C@H]1CC[C@H]2C(=O)N(c3cccc(OC(=O)c4ccccc4)c3)C(=O)[C@@H]2C1. The zero-order valence-corrected chi connectivity index (χ0v) is 15.1. The lowest BCUT2D eigenvalue weighted by atomic mass is 9.76. The lowest BCUT2D eigenvalue weighted by Gasteiger charge is -2.25. The molecule has 27 heavy (non-hydrogen) atoms. The standard InChI is InChI=1S/C22H21NO4/c1-14-10-11-18-19(12-14)21(25)23(20(18)24)16-8-5-9-17(13-16)27-22(26)15-6-3-2-4-7-15/h2-9,13-14,18-19H,10-12H2,1H3/t14-,18+,19+/m0/s1. The molecule has 2 fully saturated rings. The van der Waals surface area contributed by atoms with Crippen LogP contribution in [-0.2, 0) is 9.59 Å². The van der Waals surface area contributed by atoms with Crippen LogP contribution in [0.15, 0.2) is 54.6 Å². The number of nitrogens with zero attached hydrogens (tertiary/aromatic N) is 1. The summed E-state index contributed by atoms with van der Waals surface area (Å²) in [5.41, 5.74) is 0.904. The normalized spacial score (nSPS) is 24.6. The minimum atomic E-state index is -0.477. The fourth-order valence-electron chi connectivity index (χ4n) is 4.07. The van der Waals surface area contributed by atoms with Crippen molar-refractivity contribution in [2.75, 3.05) is 4.90 Å². The van der Waals surface area contributed by atoms with E-state index in [9.17, 15) is 14.4 Å². The van der Waals surface area contributed by atoms with Crippen LogP contribution in [0.4, 0.5) is 5.69 Å². The molecule has 2 amide bonds. The highest BCUT2D eigenvalue weighted by Gasteiger charge is 2.50. The highest BCUT2D eigenvalue weighted by molar-refractivity contribution is 6.22. The molecule has 2 aliphatic rings. The fourth-order valence-corrected chi connectivity index (χ4v) is 4.07. The van der Waals surface area contributed by atoms with Crippen LogP contribution in [0.5, 0.6) is 5.75 Å². The number of fused-ring (bicyclic) bond motifs is 1. The monoisotopic (exact) mass is 363 g/mol. The number of anilines is 1. The second-order valence-electron chi connectivity index (χ2n) is 7.40. The van der Waals surface area contributed by atoms with Gasteiger partial charge in [-0.25, -0.2) is 9.69 Å². The Hall–Kier alpha value is -2.95. The molecule has 0 aromatic heterocycles. The molecule has 1 heterocycles. The molecule has 0 spiro atoms. The highest BCUT2D eigenvalue weighted by Crippen LogP contribution is 2.42. The van der Waals surface area contributed by atoms with Crippen molar-refractivity contribution < 1.29 is 19.1 Å². The van der Waals surface area contributed by atoms with Crippen molar-refractivity contribution in [1.82, 2.24) is 0 Å². The van der Waals surface area contributed by atoms with Crippen molar-refractivity contribution in [3.8, 4) is 5.75 Å². The third-order valence-electron chi connectivity index (χ3n) is 5.48. The Labute approximate surface area is 157 Å². The fraction of sp³-hybridized carbons (Fsp3) is 0.318. The minimum Gasteiger partial charge on any atom is -0.423 e. The molecule has 0 unspecified atom stereocenters. The summed E-state index contributed by atoms with van der Waals surface area (Å²) in [5, 5.41) is 0. The molecule has 1 aliphatic carbocycles. The summed E-state index contributed by atoms with van der Waals surface area (Å²) in [6.07, 6.45) is 2.49. The number of ether oxygens (including phenoxy) is 1. The predicted octanol–water partition coefficient (Wildman–Crippen LogP) is 3.83. The Bertz CT molecular complexity index is 892. The summed E-state index contributed by atoms with van der Waals surface area (Å²) in [5.74, 6) is -0.423. The number of hydrogen-bond donors (Lipinski definition) is 0. The summed E-state index contributed by atoms with van der Waals surface area (Å²) in [6, 6.07) is 15.3. The second kappa shape index (κ2) is 6.99.